The maximum atomic E-state index is 13.0. The predicted octanol–water partition coefficient (Wildman–Crippen LogP) is 0.978. The molecular weight excluding hydrogens is 223 g/mol. The number of nitrogens with zero attached hydrogens (tertiary/aromatic N) is 1. The Kier molecular flexibility index (Phi) is 4.60. The van der Waals surface area contributed by atoms with Gasteiger partial charge in [-0.1, -0.05) is 12.1 Å². The largest absolute Gasteiger partial charge is 0.480 e. The van der Waals surface area contributed by atoms with Gasteiger partial charge in [-0.05, 0) is 31.2 Å². The summed E-state index contributed by atoms with van der Waals surface area (Å²) in [6.45, 7) is 2.50. The van der Waals surface area contributed by atoms with E-state index in [1.165, 1.54) is 6.07 Å². The first-order valence-electron chi connectivity index (χ1n) is 5.32. The minimum Gasteiger partial charge on any atom is -0.480 e. The summed E-state index contributed by atoms with van der Waals surface area (Å²) in [6.07, 6.45) is 0. The fourth-order valence-corrected chi connectivity index (χ4v) is 1.60. The number of nitrogens with two attached hydrogens (primary N) is 1. The molecule has 1 unspecified atom stereocenters. The van der Waals surface area contributed by atoms with Crippen LogP contribution in [0.15, 0.2) is 18.2 Å². The number of hydrogen-bond acceptors (Lipinski definition) is 3. The van der Waals surface area contributed by atoms with Crippen molar-refractivity contribution < 1.29 is 14.3 Å². The first kappa shape index (κ1) is 13.6. The molecule has 4 nitrogen and oxygen atoms in total. The first-order valence-corrected chi connectivity index (χ1v) is 5.32. The fourth-order valence-electron chi connectivity index (χ4n) is 1.60. The van der Waals surface area contributed by atoms with E-state index < -0.39 is 12.0 Å². The average Bonchev–Trinajstić information content (AvgIpc) is 2.23. The molecule has 0 amide bonds. The molecule has 0 aliphatic rings. The van der Waals surface area contributed by atoms with Crippen LogP contribution in [0.2, 0.25) is 0 Å². The van der Waals surface area contributed by atoms with E-state index in [-0.39, 0.29) is 12.4 Å². The summed E-state index contributed by atoms with van der Waals surface area (Å²) in [5.74, 6) is -1.26. The summed E-state index contributed by atoms with van der Waals surface area (Å²) in [7, 11) is 1.78. The third-order valence-electron chi connectivity index (χ3n) is 2.50. The van der Waals surface area contributed by atoms with Crippen LogP contribution in [-0.2, 0) is 11.3 Å². The Labute approximate surface area is 99.8 Å². The molecule has 0 saturated heterocycles. The summed E-state index contributed by atoms with van der Waals surface area (Å²) in [5.41, 5.74) is 6.94. The maximum absolute atomic E-state index is 13.0. The highest BCUT2D eigenvalue weighted by Crippen LogP contribution is 2.10. The van der Waals surface area contributed by atoms with Crippen molar-refractivity contribution in [1.82, 2.24) is 4.90 Å². The van der Waals surface area contributed by atoms with Crippen LogP contribution >= 0.6 is 0 Å². The second kappa shape index (κ2) is 5.75. The third-order valence-corrected chi connectivity index (χ3v) is 2.50. The number of likely N-dealkylation sites (N-methyl/N-ethyl adjacent to an activating group) is 1. The van der Waals surface area contributed by atoms with Gasteiger partial charge in [0.05, 0.1) is 0 Å². The molecule has 0 radical (unpaired) electrons. The van der Waals surface area contributed by atoms with Crippen LogP contribution in [0.5, 0.6) is 0 Å². The number of carbonyl (C=O) groups is 1. The molecule has 5 heteroatoms. The van der Waals surface area contributed by atoms with E-state index in [1.54, 1.807) is 31.0 Å². The Morgan fingerprint density at radius 3 is 2.76 bits per heavy atom. The van der Waals surface area contributed by atoms with Crippen LogP contribution in [0.4, 0.5) is 4.39 Å². The minimum absolute atomic E-state index is 0.237. The van der Waals surface area contributed by atoms with Crippen molar-refractivity contribution in [3.05, 3.63) is 35.1 Å². The molecule has 94 valence electrons. The van der Waals surface area contributed by atoms with Crippen molar-refractivity contribution in [2.24, 2.45) is 5.73 Å². The smallest absolute Gasteiger partial charge is 0.321 e. The molecule has 0 aromatic heterocycles. The lowest BCUT2D eigenvalue weighted by molar-refractivity contribution is -0.138. The van der Waals surface area contributed by atoms with Crippen LogP contribution in [0, 0.1) is 12.7 Å². The van der Waals surface area contributed by atoms with E-state index in [1.807, 2.05) is 0 Å². The quantitative estimate of drug-likeness (QED) is 0.805. The number of rotatable bonds is 5. The Balaban J connectivity index is 2.58. The molecule has 3 N–H and O–H groups in total. The zero-order valence-electron chi connectivity index (χ0n) is 9.98. The third kappa shape index (κ3) is 4.13. The molecule has 0 aliphatic carbocycles. The van der Waals surface area contributed by atoms with Gasteiger partial charge in [-0.3, -0.25) is 9.69 Å². The van der Waals surface area contributed by atoms with Crippen LogP contribution in [0.3, 0.4) is 0 Å². The van der Waals surface area contributed by atoms with E-state index in [4.69, 9.17) is 10.8 Å². The van der Waals surface area contributed by atoms with Gasteiger partial charge in [-0.15, -0.1) is 0 Å². The summed E-state index contributed by atoms with van der Waals surface area (Å²) < 4.78 is 13.0. The van der Waals surface area contributed by atoms with Crippen molar-refractivity contribution in [1.29, 1.82) is 0 Å². The van der Waals surface area contributed by atoms with Gasteiger partial charge in [-0.2, -0.15) is 0 Å². The molecule has 0 aliphatic heterocycles. The van der Waals surface area contributed by atoms with Gasteiger partial charge in [0.1, 0.15) is 11.9 Å². The molecule has 0 bridgehead atoms. The zero-order valence-corrected chi connectivity index (χ0v) is 9.98. The van der Waals surface area contributed by atoms with Gasteiger partial charge in [-0.25, -0.2) is 4.39 Å². The fraction of sp³-hybridized carbons (Fsp3) is 0.417. The molecule has 1 rings (SSSR count). The number of carboxylic acids is 1. The molecule has 0 heterocycles. The van der Waals surface area contributed by atoms with Crippen LogP contribution in [-0.4, -0.2) is 35.6 Å². The molecule has 1 aromatic rings. The van der Waals surface area contributed by atoms with Crippen molar-refractivity contribution in [3.63, 3.8) is 0 Å². The molecule has 1 aromatic carbocycles. The number of carboxylic acid groups (broad SMARTS) is 1. The summed E-state index contributed by atoms with van der Waals surface area (Å²) in [6, 6.07) is 3.94. The lowest BCUT2D eigenvalue weighted by atomic mass is 10.1. The molecule has 1 atom stereocenters. The first-order chi connectivity index (χ1) is 7.90. The van der Waals surface area contributed by atoms with Crippen molar-refractivity contribution in [2.45, 2.75) is 19.5 Å². The highest BCUT2D eigenvalue weighted by atomic mass is 19.1. The van der Waals surface area contributed by atoms with Crippen molar-refractivity contribution in [2.75, 3.05) is 13.6 Å². The summed E-state index contributed by atoms with van der Waals surface area (Å²) in [4.78, 5) is 12.4. The number of benzene rings is 1. The highest BCUT2D eigenvalue weighted by Gasteiger charge is 2.14. The Bertz CT molecular complexity index is 409. The van der Waals surface area contributed by atoms with Crippen molar-refractivity contribution >= 4 is 5.97 Å². The molecule has 0 saturated carbocycles. The topological polar surface area (TPSA) is 66.6 Å². The monoisotopic (exact) mass is 240 g/mol. The van der Waals surface area contributed by atoms with Crippen LogP contribution in [0.25, 0.3) is 0 Å². The second-order valence-corrected chi connectivity index (χ2v) is 4.23. The Morgan fingerprint density at radius 2 is 2.24 bits per heavy atom. The van der Waals surface area contributed by atoms with Gasteiger partial charge >= 0.3 is 5.97 Å². The Morgan fingerprint density at radius 1 is 1.59 bits per heavy atom. The number of halogens is 1. The van der Waals surface area contributed by atoms with Gasteiger partial charge in [0, 0.05) is 13.1 Å². The van der Waals surface area contributed by atoms with E-state index in [9.17, 15) is 9.18 Å². The van der Waals surface area contributed by atoms with E-state index in [0.29, 0.717) is 12.1 Å². The molecular formula is C12H17FN2O2. The predicted molar refractivity (Wildman–Crippen MR) is 63.1 cm³/mol. The standard InChI is InChI=1S/C12H17FN2O2/c1-8-5-9(3-4-10(8)13)6-15(2)7-11(14)12(16)17/h3-5,11H,6-7,14H2,1-2H3,(H,16,17). The molecule has 0 fully saturated rings. The lowest BCUT2D eigenvalue weighted by Crippen LogP contribution is -2.40. The van der Waals surface area contributed by atoms with Gasteiger partial charge < -0.3 is 10.8 Å². The summed E-state index contributed by atoms with van der Waals surface area (Å²) in [5, 5.41) is 8.68. The second-order valence-electron chi connectivity index (χ2n) is 4.23. The van der Waals surface area contributed by atoms with E-state index in [0.717, 1.165) is 5.56 Å². The average molecular weight is 240 g/mol. The molecule has 17 heavy (non-hydrogen) atoms. The lowest BCUT2D eigenvalue weighted by Gasteiger charge is -2.19. The van der Waals surface area contributed by atoms with E-state index >= 15 is 0 Å². The van der Waals surface area contributed by atoms with Crippen molar-refractivity contribution in [3.8, 4) is 0 Å². The Hall–Kier alpha value is -1.46. The minimum atomic E-state index is -1.02. The number of aliphatic carboxylic acids is 1. The SMILES string of the molecule is Cc1cc(CN(C)CC(N)C(=O)O)ccc1F. The number of hydrogen-bond donors (Lipinski definition) is 2. The number of aryl methyl sites for hydroxylation is 1. The highest BCUT2D eigenvalue weighted by molar-refractivity contribution is 5.73. The van der Waals surface area contributed by atoms with Crippen LogP contribution < -0.4 is 5.73 Å². The van der Waals surface area contributed by atoms with Gasteiger partial charge in [0.15, 0.2) is 0 Å². The van der Waals surface area contributed by atoms with E-state index in [2.05, 4.69) is 0 Å². The maximum Gasteiger partial charge on any atom is 0.321 e. The van der Waals surface area contributed by atoms with Gasteiger partial charge in [0.2, 0.25) is 0 Å². The van der Waals surface area contributed by atoms with Gasteiger partial charge in [0.25, 0.3) is 0 Å². The van der Waals surface area contributed by atoms with Crippen LogP contribution in [0.1, 0.15) is 11.1 Å². The summed E-state index contributed by atoms with van der Waals surface area (Å²) >= 11 is 0. The zero-order chi connectivity index (χ0) is 13.0. The molecule has 0 spiro atoms. The normalized spacial score (nSPS) is 12.8.